The van der Waals surface area contributed by atoms with Crippen molar-refractivity contribution in [2.24, 2.45) is 0 Å². The van der Waals surface area contributed by atoms with E-state index in [9.17, 15) is 0 Å². The van der Waals surface area contributed by atoms with Crippen molar-refractivity contribution >= 4 is 58.7 Å². The van der Waals surface area contributed by atoms with Gasteiger partial charge < -0.3 is 0 Å². The third-order valence-corrected chi connectivity index (χ3v) is 10.8. The predicted molar refractivity (Wildman–Crippen MR) is 203 cm³/mol. The second-order valence-electron chi connectivity index (χ2n) is 12.3. The summed E-state index contributed by atoms with van der Waals surface area (Å²) in [5, 5.41) is 16.8. The van der Waals surface area contributed by atoms with E-state index in [-0.39, 0.29) is 0 Å². The highest BCUT2D eigenvalue weighted by Crippen LogP contribution is 2.40. The number of nitrogens with zero attached hydrogens (tertiary/aromatic N) is 3. The fourth-order valence-electron chi connectivity index (χ4n) is 7.12. The van der Waals surface area contributed by atoms with Gasteiger partial charge >= 0.3 is 0 Å². The molecule has 3 nitrogen and oxygen atoms in total. The monoisotopic (exact) mass is 629 g/mol. The molecule has 48 heavy (non-hydrogen) atoms. The maximum Gasteiger partial charge on any atom is 0.169 e. The molecule has 0 atom stereocenters. The number of hydrogen-bond donors (Lipinski definition) is 0. The summed E-state index contributed by atoms with van der Waals surface area (Å²) in [7, 11) is 0. The molecule has 0 amide bonds. The zero-order chi connectivity index (χ0) is 31.6. The zero-order valence-corrected chi connectivity index (χ0v) is 26.7. The van der Waals surface area contributed by atoms with Crippen LogP contribution in [0.15, 0.2) is 164 Å². The topological polar surface area (TPSA) is 30.2 Å². The van der Waals surface area contributed by atoms with E-state index < -0.39 is 0 Å². The highest BCUT2D eigenvalue weighted by atomic mass is 32.1. The van der Waals surface area contributed by atoms with E-state index in [1.165, 1.54) is 53.2 Å². The van der Waals surface area contributed by atoms with Crippen LogP contribution in [0.4, 0.5) is 0 Å². The van der Waals surface area contributed by atoms with Crippen LogP contribution in [-0.4, -0.2) is 14.6 Å². The van der Waals surface area contributed by atoms with Gasteiger partial charge in [-0.2, -0.15) is 0 Å². The second-order valence-corrected chi connectivity index (χ2v) is 13.4. The number of hydrogen-bond acceptors (Lipinski definition) is 3. The van der Waals surface area contributed by atoms with Gasteiger partial charge in [0.2, 0.25) is 0 Å². The number of benzene rings is 7. The molecule has 0 saturated heterocycles. The molecule has 0 saturated carbocycles. The molecule has 0 aliphatic rings. The van der Waals surface area contributed by atoms with Gasteiger partial charge in [0, 0.05) is 42.9 Å². The van der Waals surface area contributed by atoms with Gasteiger partial charge in [-0.15, -0.1) is 21.5 Å². The maximum atomic E-state index is 4.73. The smallest absolute Gasteiger partial charge is 0.169 e. The number of pyridine rings is 1. The summed E-state index contributed by atoms with van der Waals surface area (Å²) in [5.41, 5.74) is 9.06. The number of rotatable bonds is 4. The average molecular weight is 630 g/mol. The lowest BCUT2D eigenvalue weighted by atomic mass is 9.96. The lowest BCUT2D eigenvalue weighted by Crippen LogP contribution is -1.94. The summed E-state index contributed by atoms with van der Waals surface area (Å²) in [6.45, 7) is 0. The molecule has 3 heterocycles. The second kappa shape index (κ2) is 10.7. The molecule has 7 aromatic carbocycles. The van der Waals surface area contributed by atoms with Crippen LogP contribution < -0.4 is 0 Å². The van der Waals surface area contributed by atoms with Crippen LogP contribution in [0, 0.1) is 0 Å². The Morgan fingerprint density at radius 2 is 1.04 bits per heavy atom. The van der Waals surface area contributed by atoms with E-state index in [4.69, 9.17) is 10.2 Å². The summed E-state index contributed by atoms with van der Waals surface area (Å²) in [4.78, 5) is 0. The van der Waals surface area contributed by atoms with Gasteiger partial charge in [0.15, 0.2) is 11.5 Å². The quantitative estimate of drug-likeness (QED) is 0.194. The molecule has 10 rings (SSSR count). The van der Waals surface area contributed by atoms with E-state index in [1.807, 2.05) is 11.3 Å². The van der Waals surface area contributed by atoms with Gasteiger partial charge in [-0.25, -0.2) is 0 Å². The minimum absolute atomic E-state index is 0.830. The molecule has 0 bridgehead atoms. The summed E-state index contributed by atoms with van der Waals surface area (Å²) in [6.07, 6.45) is 2.20. The van der Waals surface area contributed by atoms with Gasteiger partial charge in [-0.05, 0) is 56.1 Å². The van der Waals surface area contributed by atoms with E-state index in [0.717, 1.165) is 38.9 Å². The standard InChI is InChI=1S/C44H27N3S/c1-2-9-33-26-34(25-18-28(33)8-1)29-16-19-31(20-17-29)40-27-47-43(45-46-44(47)39-12-4-3-10-36(39)40)32-23-21-30(22-24-32)35-13-7-14-38-37-11-5-6-15-41(37)48-42(35)38/h1-27H. The summed E-state index contributed by atoms with van der Waals surface area (Å²) in [5.74, 6) is 0.830. The largest absolute Gasteiger partial charge is 0.281 e. The Morgan fingerprint density at radius 3 is 1.88 bits per heavy atom. The third-order valence-electron chi connectivity index (χ3n) is 9.55. The van der Waals surface area contributed by atoms with E-state index in [2.05, 4.69) is 168 Å². The Kier molecular flexibility index (Phi) is 6.05. The van der Waals surface area contributed by atoms with Crippen molar-refractivity contribution in [3.8, 4) is 44.8 Å². The van der Waals surface area contributed by atoms with Gasteiger partial charge in [-0.3, -0.25) is 4.40 Å². The summed E-state index contributed by atoms with van der Waals surface area (Å²) < 4.78 is 4.79. The molecule has 0 aliphatic carbocycles. The minimum Gasteiger partial charge on any atom is -0.281 e. The Hall–Kier alpha value is -6.10. The first-order valence-corrected chi connectivity index (χ1v) is 17.0. The SMILES string of the molecule is c1ccc2cc(-c3ccc(-c4cn5c(-c6ccc(-c7cccc8c7sc7ccccc78)cc6)nnc5c5ccccc45)cc3)ccc2c1. The summed E-state index contributed by atoms with van der Waals surface area (Å²) in [6, 6.07) is 56.6. The molecule has 0 aliphatic heterocycles. The first-order valence-electron chi connectivity index (χ1n) is 16.2. The molecule has 4 heteroatoms. The lowest BCUT2D eigenvalue weighted by molar-refractivity contribution is 1.11. The molecule has 0 N–H and O–H groups in total. The predicted octanol–water partition coefficient (Wildman–Crippen LogP) is 12.1. The van der Waals surface area contributed by atoms with Crippen molar-refractivity contribution in [3.63, 3.8) is 0 Å². The zero-order valence-electron chi connectivity index (χ0n) is 25.8. The van der Waals surface area contributed by atoms with E-state index >= 15 is 0 Å². The lowest BCUT2D eigenvalue weighted by Gasteiger charge is -2.11. The molecule has 0 fully saturated rings. The first kappa shape index (κ1) is 27.1. The van der Waals surface area contributed by atoms with Crippen molar-refractivity contribution < 1.29 is 0 Å². The third kappa shape index (κ3) is 4.27. The van der Waals surface area contributed by atoms with Crippen LogP contribution in [0.5, 0.6) is 0 Å². The number of thiophene rings is 1. The Morgan fingerprint density at radius 1 is 0.417 bits per heavy atom. The fourth-order valence-corrected chi connectivity index (χ4v) is 8.36. The Balaban J connectivity index is 1.06. The van der Waals surface area contributed by atoms with Crippen LogP contribution in [0.3, 0.4) is 0 Å². The van der Waals surface area contributed by atoms with Crippen LogP contribution in [0.25, 0.3) is 92.1 Å². The fraction of sp³-hybridized carbons (Fsp3) is 0. The van der Waals surface area contributed by atoms with Gasteiger partial charge in [0.25, 0.3) is 0 Å². The average Bonchev–Trinajstić information content (AvgIpc) is 3.77. The Labute approximate surface area is 281 Å². The molecule has 10 aromatic rings. The van der Waals surface area contributed by atoms with Crippen molar-refractivity contribution in [3.05, 3.63) is 164 Å². The van der Waals surface area contributed by atoms with Crippen LogP contribution in [-0.2, 0) is 0 Å². The summed E-state index contributed by atoms with van der Waals surface area (Å²) >= 11 is 1.86. The van der Waals surface area contributed by atoms with E-state index in [1.54, 1.807) is 0 Å². The first-order chi connectivity index (χ1) is 23.8. The Bertz CT molecular complexity index is 2820. The number of aromatic nitrogens is 3. The molecule has 224 valence electrons. The minimum atomic E-state index is 0.830. The molecule has 0 radical (unpaired) electrons. The maximum absolute atomic E-state index is 4.73. The van der Waals surface area contributed by atoms with E-state index in [0.29, 0.717) is 0 Å². The van der Waals surface area contributed by atoms with Crippen LogP contribution in [0.1, 0.15) is 0 Å². The van der Waals surface area contributed by atoms with Gasteiger partial charge in [0.1, 0.15) is 0 Å². The highest BCUT2D eigenvalue weighted by molar-refractivity contribution is 7.26. The van der Waals surface area contributed by atoms with Gasteiger partial charge in [0.05, 0.1) is 0 Å². The molecule has 0 unspecified atom stereocenters. The van der Waals surface area contributed by atoms with Crippen molar-refractivity contribution in [2.45, 2.75) is 0 Å². The normalized spacial score (nSPS) is 11.8. The van der Waals surface area contributed by atoms with Crippen molar-refractivity contribution in [1.82, 2.24) is 14.6 Å². The molecule has 3 aromatic heterocycles. The van der Waals surface area contributed by atoms with Crippen molar-refractivity contribution in [1.29, 1.82) is 0 Å². The van der Waals surface area contributed by atoms with Gasteiger partial charge in [-0.1, -0.05) is 146 Å². The van der Waals surface area contributed by atoms with Crippen molar-refractivity contribution in [2.75, 3.05) is 0 Å². The molecular weight excluding hydrogens is 603 g/mol. The van der Waals surface area contributed by atoms with Crippen LogP contribution >= 0.6 is 11.3 Å². The highest BCUT2D eigenvalue weighted by Gasteiger charge is 2.16. The molecule has 0 spiro atoms. The number of fused-ring (bicyclic) bond motifs is 7. The van der Waals surface area contributed by atoms with Crippen LogP contribution in [0.2, 0.25) is 0 Å². The molecular formula is C44H27N3S.